The maximum absolute atomic E-state index is 13.9. The quantitative estimate of drug-likeness (QED) is 0.0899. The van der Waals surface area contributed by atoms with Crippen molar-refractivity contribution in [2.75, 3.05) is 19.8 Å². The van der Waals surface area contributed by atoms with Crippen LogP contribution in [0.4, 0.5) is 0 Å². The molecule has 1 heterocycles. The zero-order valence-corrected chi connectivity index (χ0v) is 27.7. The van der Waals surface area contributed by atoms with Gasteiger partial charge in [-0.1, -0.05) is 125 Å². The van der Waals surface area contributed by atoms with E-state index in [4.69, 9.17) is 32.5 Å². The monoisotopic (exact) mass is 640 g/mol. The Kier molecular flexibility index (Phi) is 15.2. The zero-order chi connectivity index (χ0) is 31.7. The molecule has 1 aliphatic rings. The van der Waals surface area contributed by atoms with Crippen LogP contribution < -0.4 is 0 Å². The summed E-state index contributed by atoms with van der Waals surface area (Å²) in [6.07, 6.45) is 0.753. The number of phosphoric ester groups is 1. The molecule has 0 aliphatic carbocycles. The Labute approximate surface area is 268 Å². The minimum absolute atomic E-state index is 0.212. The van der Waals surface area contributed by atoms with E-state index in [1.807, 2.05) is 112 Å². The van der Waals surface area contributed by atoms with Crippen LogP contribution in [-0.4, -0.2) is 44.4 Å². The van der Waals surface area contributed by atoms with Gasteiger partial charge in [-0.3, -0.25) is 13.6 Å². The highest BCUT2D eigenvalue weighted by Gasteiger charge is 2.49. The van der Waals surface area contributed by atoms with Crippen molar-refractivity contribution >= 4 is 7.82 Å². The predicted octanol–water partition coefficient (Wildman–Crippen LogP) is 8.49. The summed E-state index contributed by atoms with van der Waals surface area (Å²) in [6, 6.07) is 30.0. The van der Waals surface area contributed by atoms with Gasteiger partial charge in [0.25, 0.3) is 0 Å². The number of unbranched alkanes of at least 4 members (excludes halogenated alkanes) is 2. The molecule has 0 aromatic heterocycles. The number of benzene rings is 3. The Bertz CT molecular complexity index is 1230. The average molecular weight is 641 g/mol. The lowest BCUT2D eigenvalue weighted by molar-refractivity contribution is -0.285. The Morgan fingerprint density at radius 2 is 1.13 bits per heavy atom. The second-order valence-electron chi connectivity index (χ2n) is 11.4. The van der Waals surface area contributed by atoms with Crippen LogP contribution in [0.5, 0.6) is 0 Å². The van der Waals surface area contributed by atoms with E-state index in [1.54, 1.807) is 0 Å². The average Bonchev–Trinajstić information content (AvgIpc) is 3.06. The number of hydrogen-bond acceptors (Lipinski definition) is 8. The van der Waals surface area contributed by atoms with Crippen LogP contribution >= 0.6 is 7.82 Å². The summed E-state index contributed by atoms with van der Waals surface area (Å²) < 4.78 is 57.5. The molecule has 0 N–H and O–H groups in total. The van der Waals surface area contributed by atoms with Crippen LogP contribution in [-0.2, 0) is 56.9 Å². The molecule has 3 aromatic carbocycles. The van der Waals surface area contributed by atoms with Crippen molar-refractivity contribution in [1.29, 1.82) is 0 Å². The first kappa shape index (κ1) is 35.5. The van der Waals surface area contributed by atoms with Crippen molar-refractivity contribution < 1.29 is 37.1 Å². The van der Waals surface area contributed by atoms with Gasteiger partial charge in [-0.05, 0) is 29.5 Å². The molecule has 5 atom stereocenters. The normalized spacial score (nSPS) is 22.0. The van der Waals surface area contributed by atoms with Crippen molar-refractivity contribution in [2.45, 2.75) is 90.9 Å². The summed E-state index contributed by atoms with van der Waals surface area (Å²) >= 11 is 0. The molecular weight excluding hydrogens is 591 g/mol. The third-order valence-electron chi connectivity index (χ3n) is 7.64. The van der Waals surface area contributed by atoms with E-state index in [0.717, 1.165) is 42.4 Å². The second-order valence-corrected chi connectivity index (χ2v) is 13.0. The lowest BCUT2D eigenvalue weighted by Crippen LogP contribution is -2.57. The Morgan fingerprint density at radius 1 is 0.667 bits per heavy atom. The topological polar surface area (TPSA) is 81.7 Å². The van der Waals surface area contributed by atoms with E-state index < -0.39 is 32.4 Å². The fourth-order valence-corrected chi connectivity index (χ4v) is 6.41. The van der Waals surface area contributed by atoms with Crippen LogP contribution in [0.2, 0.25) is 0 Å². The molecule has 8 nitrogen and oxygen atoms in total. The maximum atomic E-state index is 13.9. The summed E-state index contributed by atoms with van der Waals surface area (Å²) in [4.78, 5) is 0. The summed E-state index contributed by atoms with van der Waals surface area (Å²) in [7, 11) is -3.93. The van der Waals surface area contributed by atoms with Gasteiger partial charge in [0.2, 0.25) is 0 Å². The summed E-state index contributed by atoms with van der Waals surface area (Å²) in [6.45, 7) is 7.93. The van der Waals surface area contributed by atoms with Crippen LogP contribution in [0.1, 0.15) is 63.1 Å². The molecule has 4 rings (SSSR count). The van der Waals surface area contributed by atoms with Crippen molar-refractivity contribution in [1.82, 2.24) is 0 Å². The van der Waals surface area contributed by atoms with Gasteiger partial charge < -0.3 is 18.9 Å². The van der Waals surface area contributed by atoms with Gasteiger partial charge in [0, 0.05) is 5.92 Å². The molecule has 1 fully saturated rings. The van der Waals surface area contributed by atoms with Gasteiger partial charge in [-0.25, -0.2) is 4.57 Å². The first-order valence-electron chi connectivity index (χ1n) is 16.2. The lowest BCUT2D eigenvalue weighted by atomic mass is 9.92. The molecule has 9 heteroatoms. The van der Waals surface area contributed by atoms with Crippen LogP contribution in [0, 0.1) is 5.92 Å². The number of ether oxygens (including phenoxy) is 4. The summed E-state index contributed by atoms with van der Waals surface area (Å²) in [5.74, 6) is -0.377. The Morgan fingerprint density at radius 3 is 1.62 bits per heavy atom. The van der Waals surface area contributed by atoms with E-state index in [1.165, 1.54) is 0 Å². The molecular formula is C36H49O8P. The molecule has 45 heavy (non-hydrogen) atoms. The van der Waals surface area contributed by atoms with E-state index >= 15 is 0 Å². The van der Waals surface area contributed by atoms with Gasteiger partial charge in [-0.15, -0.1) is 0 Å². The van der Waals surface area contributed by atoms with E-state index in [9.17, 15) is 4.57 Å². The fourth-order valence-electron chi connectivity index (χ4n) is 5.01. The standard InChI is InChI=1S/C36H49O8P/c1-4-6-23-41-45(37,42-24-7-5-2)44-36-29(3)34(39-26-31-19-13-9-14-20-31)35(40-27-32-21-15-10-16-22-32)33(43-36)28-38-25-30-17-11-8-12-18-30/h8-22,29,33-36H,4-7,23-28H2,1-3H3/t29?,33?,34-,35+,36-/m0/s1. The van der Waals surface area contributed by atoms with Crippen molar-refractivity contribution in [3.63, 3.8) is 0 Å². The third-order valence-corrected chi connectivity index (χ3v) is 9.10. The van der Waals surface area contributed by atoms with Gasteiger partial charge >= 0.3 is 7.82 Å². The zero-order valence-electron chi connectivity index (χ0n) is 26.8. The highest BCUT2D eigenvalue weighted by molar-refractivity contribution is 7.48. The molecule has 2 unspecified atom stereocenters. The van der Waals surface area contributed by atoms with Crippen molar-refractivity contribution in [3.05, 3.63) is 108 Å². The molecule has 1 saturated heterocycles. The smallest absolute Gasteiger partial charge is 0.374 e. The Hall–Kier alpha value is -2.39. The van der Waals surface area contributed by atoms with Crippen LogP contribution in [0.15, 0.2) is 91.0 Å². The molecule has 1 aliphatic heterocycles. The molecule has 246 valence electrons. The van der Waals surface area contributed by atoms with E-state index in [0.29, 0.717) is 19.8 Å². The van der Waals surface area contributed by atoms with Gasteiger partial charge in [0.05, 0.1) is 45.7 Å². The summed E-state index contributed by atoms with van der Waals surface area (Å²) in [5.41, 5.74) is 3.11. The molecule has 0 spiro atoms. The first-order chi connectivity index (χ1) is 22.0. The fraction of sp³-hybridized carbons (Fsp3) is 0.500. The molecule has 0 radical (unpaired) electrons. The largest absolute Gasteiger partial charge is 0.477 e. The summed E-state index contributed by atoms with van der Waals surface area (Å²) in [5, 5.41) is 0. The first-order valence-corrected chi connectivity index (χ1v) is 17.6. The number of phosphoric acid groups is 1. The highest BCUT2D eigenvalue weighted by atomic mass is 31.2. The third kappa shape index (κ3) is 11.7. The SMILES string of the molecule is CCCCOP(=O)(OCCCC)O[C@@H]1OC(COCc2ccccc2)[C@@H](OCc2ccccc2)[C@@H](OCc2ccccc2)C1C. The molecule has 0 amide bonds. The van der Waals surface area contributed by atoms with E-state index in [-0.39, 0.29) is 25.7 Å². The highest BCUT2D eigenvalue weighted by Crippen LogP contribution is 2.53. The van der Waals surface area contributed by atoms with Crippen LogP contribution in [0.3, 0.4) is 0 Å². The number of rotatable bonds is 20. The van der Waals surface area contributed by atoms with Crippen molar-refractivity contribution in [2.24, 2.45) is 5.92 Å². The van der Waals surface area contributed by atoms with Gasteiger partial charge in [0.1, 0.15) is 12.2 Å². The van der Waals surface area contributed by atoms with Crippen LogP contribution in [0.25, 0.3) is 0 Å². The Balaban J connectivity index is 1.58. The minimum atomic E-state index is -3.93. The lowest BCUT2D eigenvalue weighted by Gasteiger charge is -2.45. The van der Waals surface area contributed by atoms with Gasteiger partial charge in [-0.2, -0.15) is 0 Å². The second kappa shape index (κ2) is 19.3. The van der Waals surface area contributed by atoms with Gasteiger partial charge in [0.15, 0.2) is 6.29 Å². The maximum Gasteiger partial charge on any atom is 0.477 e. The van der Waals surface area contributed by atoms with E-state index in [2.05, 4.69) is 0 Å². The predicted molar refractivity (Wildman–Crippen MR) is 174 cm³/mol. The molecule has 0 bridgehead atoms. The minimum Gasteiger partial charge on any atom is -0.374 e. The molecule has 0 saturated carbocycles. The van der Waals surface area contributed by atoms with Crippen molar-refractivity contribution in [3.8, 4) is 0 Å². The number of hydrogen-bond donors (Lipinski definition) is 0. The molecule has 3 aromatic rings.